The van der Waals surface area contributed by atoms with Gasteiger partial charge in [-0.05, 0) is 56.6 Å². The number of rotatable bonds is 2. The first-order valence-electron chi connectivity index (χ1n) is 7.41. The minimum absolute atomic E-state index is 0.184. The molecule has 1 saturated heterocycles. The molecule has 5 nitrogen and oxygen atoms in total. The maximum Gasteiger partial charge on any atom is 0.320 e. The van der Waals surface area contributed by atoms with Crippen LogP contribution in [0.3, 0.4) is 0 Å². The van der Waals surface area contributed by atoms with E-state index in [1.165, 1.54) is 0 Å². The molecule has 0 atom stereocenters. The Hall–Kier alpha value is -1.66. The molecule has 0 radical (unpaired) electrons. The van der Waals surface area contributed by atoms with E-state index in [1.807, 2.05) is 24.3 Å². The average Bonchev–Trinajstić information content (AvgIpc) is 2.49. The van der Waals surface area contributed by atoms with Crippen LogP contribution in [0.25, 0.3) is 10.8 Å². The van der Waals surface area contributed by atoms with E-state index in [1.54, 1.807) is 6.20 Å². The molecule has 0 aliphatic carbocycles. The molecule has 0 bridgehead atoms. The highest BCUT2D eigenvalue weighted by molar-refractivity contribution is 9.10. The van der Waals surface area contributed by atoms with Gasteiger partial charge in [-0.25, -0.2) is 9.78 Å². The second kappa shape index (κ2) is 6.62. The van der Waals surface area contributed by atoms with Gasteiger partial charge >= 0.3 is 6.03 Å². The number of likely N-dealkylation sites (tertiary alicyclic amines) is 1. The van der Waals surface area contributed by atoms with Crippen molar-refractivity contribution in [2.45, 2.75) is 18.9 Å². The Kier molecular flexibility index (Phi) is 4.59. The molecular weight excluding hydrogens is 344 g/mol. The van der Waals surface area contributed by atoms with Gasteiger partial charge in [0.25, 0.3) is 0 Å². The molecule has 1 aromatic carbocycles. The van der Waals surface area contributed by atoms with Crippen LogP contribution in [0, 0.1) is 0 Å². The van der Waals surface area contributed by atoms with Crippen LogP contribution in [0.1, 0.15) is 12.8 Å². The summed E-state index contributed by atoms with van der Waals surface area (Å²) in [6.45, 7) is 2.04. The van der Waals surface area contributed by atoms with Crippen LogP contribution in [0.2, 0.25) is 0 Å². The Labute approximate surface area is 138 Å². The third kappa shape index (κ3) is 3.75. The number of fused-ring (bicyclic) bond motifs is 1. The number of piperidine rings is 1. The number of nitrogens with zero attached hydrogens (tertiary/aromatic N) is 2. The molecule has 22 heavy (non-hydrogen) atoms. The van der Waals surface area contributed by atoms with E-state index >= 15 is 0 Å². The van der Waals surface area contributed by atoms with Gasteiger partial charge in [-0.2, -0.15) is 0 Å². The molecule has 3 rings (SSSR count). The molecular formula is C16H19BrN4O. The Balaban J connectivity index is 1.63. The summed E-state index contributed by atoms with van der Waals surface area (Å²) >= 11 is 3.45. The molecule has 0 unspecified atom stereocenters. The maximum absolute atomic E-state index is 12.1. The van der Waals surface area contributed by atoms with Gasteiger partial charge in [-0.3, -0.25) is 5.32 Å². The van der Waals surface area contributed by atoms with Crippen molar-refractivity contribution < 1.29 is 4.79 Å². The fourth-order valence-corrected chi connectivity index (χ4v) is 3.05. The number of halogens is 1. The van der Waals surface area contributed by atoms with Gasteiger partial charge < -0.3 is 10.2 Å². The summed E-state index contributed by atoms with van der Waals surface area (Å²) in [7, 11) is 2.10. The fraction of sp³-hybridized carbons (Fsp3) is 0.375. The zero-order valence-corrected chi connectivity index (χ0v) is 14.1. The minimum atomic E-state index is -0.184. The first kappa shape index (κ1) is 15.2. The number of hydrogen-bond donors (Lipinski definition) is 2. The summed E-state index contributed by atoms with van der Waals surface area (Å²) in [6, 6.07) is 7.92. The number of nitrogens with one attached hydrogen (secondary N) is 2. The lowest BCUT2D eigenvalue weighted by Gasteiger charge is -2.29. The van der Waals surface area contributed by atoms with Crippen molar-refractivity contribution in [2.75, 3.05) is 25.5 Å². The van der Waals surface area contributed by atoms with E-state index < -0.39 is 0 Å². The Morgan fingerprint density at radius 2 is 2.05 bits per heavy atom. The lowest BCUT2D eigenvalue weighted by molar-refractivity contribution is 0.221. The summed E-state index contributed by atoms with van der Waals surface area (Å²) in [6.07, 6.45) is 3.75. The minimum Gasteiger partial charge on any atom is -0.335 e. The number of benzene rings is 1. The van der Waals surface area contributed by atoms with E-state index in [-0.39, 0.29) is 12.1 Å². The predicted octanol–water partition coefficient (Wildman–Crippen LogP) is 3.21. The number of anilines is 1. The maximum atomic E-state index is 12.1. The second-order valence-electron chi connectivity index (χ2n) is 5.74. The molecule has 1 aliphatic rings. The van der Waals surface area contributed by atoms with Crippen molar-refractivity contribution in [3.8, 4) is 0 Å². The van der Waals surface area contributed by atoms with Gasteiger partial charge in [0.05, 0.1) is 0 Å². The van der Waals surface area contributed by atoms with Crippen LogP contribution < -0.4 is 10.6 Å². The molecule has 2 N–H and O–H groups in total. The van der Waals surface area contributed by atoms with Gasteiger partial charge in [0.1, 0.15) is 5.82 Å². The van der Waals surface area contributed by atoms with Gasteiger partial charge in [0, 0.05) is 22.1 Å². The zero-order valence-electron chi connectivity index (χ0n) is 12.5. The molecule has 1 aromatic heterocycles. The molecule has 6 heteroatoms. The first-order valence-corrected chi connectivity index (χ1v) is 8.21. The highest BCUT2D eigenvalue weighted by atomic mass is 79.9. The molecule has 0 saturated carbocycles. The topological polar surface area (TPSA) is 57.3 Å². The quantitative estimate of drug-likeness (QED) is 0.862. The zero-order chi connectivity index (χ0) is 15.5. The molecule has 116 valence electrons. The largest absolute Gasteiger partial charge is 0.335 e. The van der Waals surface area contributed by atoms with Crippen LogP contribution in [-0.2, 0) is 0 Å². The van der Waals surface area contributed by atoms with E-state index in [9.17, 15) is 4.79 Å². The molecule has 1 aliphatic heterocycles. The lowest BCUT2D eigenvalue weighted by Crippen LogP contribution is -2.44. The van der Waals surface area contributed by atoms with Crippen molar-refractivity contribution in [1.29, 1.82) is 0 Å². The molecule has 2 amide bonds. The lowest BCUT2D eigenvalue weighted by atomic mass is 10.1. The summed E-state index contributed by atoms with van der Waals surface area (Å²) in [5.74, 6) is 0.566. The highest BCUT2D eigenvalue weighted by Crippen LogP contribution is 2.21. The smallest absolute Gasteiger partial charge is 0.320 e. The molecule has 2 heterocycles. The Bertz CT molecular complexity index is 683. The molecule has 0 spiro atoms. The van der Waals surface area contributed by atoms with Crippen molar-refractivity contribution in [3.05, 3.63) is 34.9 Å². The highest BCUT2D eigenvalue weighted by Gasteiger charge is 2.18. The Morgan fingerprint density at radius 1 is 1.27 bits per heavy atom. The van der Waals surface area contributed by atoms with E-state index in [0.29, 0.717) is 5.82 Å². The van der Waals surface area contributed by atoms with Crippen LogP contribution in [0.15, 0.2) is 34.9 Å². The average molecular weight is 363 g/mol. The number of pyridine rings is 1. The normalized spacial score (nSPS) is 16.6. The number of carbonyl (C=O) groups excluding carboxylic acids is 1. The summed E-state index contributed by atoms with van der Waals surface area (Å²) in [4.78, 5) is 18.6. The summed E-state index contributed by atoms with van der Waals surface area (Å²) < 4.78 is 1.01. The number of amides is 2. The second-order valence-corrected chi connectivity index (χ2v) is 6.65. The van der Waals surface area contributed by atoms with Gasteiger partial charge in [-0.15, -0.1) is 0 Å². The monoisotopic (exact) mass is 362 g/mol. The van der Waals surface area contributed by atoms with Gasteiger partial charge in [-0.1, -0.05) is 22.0 Å². The van der Waals surface area contributed by atoms with Crippen molar-refractivity contribution in [1.82, 2.24) is 15.2 Å². The van der Waals surface area contributed by atoms with Crippen LogP contribution in [0.4, 0.5) is 10.6 Å². The SMILES string of the molecule is CN1CCC(NC(=O)Nc2cc3cc(Br)ccc3cn2)CC1. The van der Waals surface area contributed by atoms with Crippen LogP contribution in [-0.4, -0.2) is 42.1 Å². The van der Waals surface area contributed by atoms with E-state index in [0.717, 1.165) is 41.2 Å². The molecule has 1 fully saturated rings. The van der Waals surface area contributed by atoms with Crippen LogP contribution in [0.5, 0.6) is 0 Å². The summed E-state index contributed by atoms with van der Waals surface area (Å²) in [5.41, 5.74) is 0. The summed E-state index contributed by atoms with van der Waals surface area (Å²) in [5, 5.41) is 7.93. The van der Waals surface area contributed by atoms with Gasteiger partial charge in [0.2, 0.25) is 0 Å². The Morgan fingerprint density at radius 3 is 2.82 bits per heavy atom. The van der Waals surface area contributed by atoms with Crippen molar-refractivity contribution in [2.24, 2.45) is 0 Å². The first-order chi connectivity index (χ1) is 10.6. The van der Waals surface area contributed by atoms with Crippen molar-refractivity contribution >= 4 is 38.6 Å². The van der Waals surface area contributed by atoms with E-state index in [2.05, 4.69) is 43.5 Å². The predicted molar refractivity (Wildman–Crippen MR) is 92.1 cm³/mol. The number of aromatic nitrogens is 1. The van der Waals surface area contributed by atoms with Gasteiger partial charge in [0.15, 0.2) is 0 Å². The third-order valence-corrected chi connectivity index (χ3v) is 4.47. The molecule has 2 aromatic rings. The van der Waals surface area contributed by atoms with Crippen LogP contribution >= 0.6 is 15.9 Å². The third-order valence-electron chi connectivity index (χ3n) is 3.98. The number of carbonyl (C=O) groups is 1. The fourth-order valence-electron chi connectivity index (χ4n) is 2.67. The van der Waals surface area contributed by atoms with E-state index in [4.69, 9.17) is 0 Å². The number of hydrogen-bond acceptors (Lipinski definition) is 3. The number of urea groups is 1. The van der Waals surface area contributed by atoms with Crippen molar-refractivity contribution in [3.63, 3.8) is 0 Å². The standard InChI is InChI=1S/C16H19BrN4O/c1-21-6-4-14(5-7-21)19-16(22)20-15-9-12-8-13(17)3-2-11(12)10-18-15/h2-3,8-10,14H,4-7H2,1H3,(H2,18,19,20,22).